The van der Waals surface area contributed by atoms with E-state index in [9.17, 15) is 9.59 Å². The fraction of sp³-hybridized carbons (Fsp3) is 0.450. The predicted molar refractivity (Wildman–Crippen MR) is 98.2 cm³/mol. The van der Waals surface area contributed by atoms with Gasteiger partial charge in [-0.2, -0.15) is 5.10 Å². The highest BCUT2D eigenvalue weighted by atomic mass is 16.4. The number of carboxylic acid groups (broad SMARTS) is 1. The maximum atomic E-state index is 12.4. The van der Waals surface area contributed by atoms with Crippen LogP contribution in [0.2, 0.25) is 0 Å². The van der Waals surface area contributed by atoms with Gasteiger partial charge in [0.1, 0.15) is 0 Å². The van der Waals surface area contributed by atoms with Crippen molar-refractivity contribution >= 4 is 11.9 Å². The Bertz CT molecular complexity index is 759. The molecule has 0 bridgehead atoms. The van der Waals surface area contributed by atoms with Crippen LogP contribution in [0.1, 0.15) is 53.2 Å². The summed E-state index contributed by atoms with van der Waals surface area (Å²) in [6, 6.07) is 8.63. The summed E-state index contributed by atoms with van der Waals surface area (Å²) < 4.78 is 1.72. The van der Waals surface area contributed by atoms with Gasteiger partial charge in [-0.1, -0.05) is 29.8 Å². The Hall–Kier alpha value is -2.63. The van der Waals surface area contributed by atoms with E-state index in [1.165, 1.54) is 17.3 Å². The Balaban J connectivity index is 1.42. The number of aromatic nitrogens is 2. The van der Waals surface area contributed by atoms with Crippen molar-refractivity contribution in [2.75, 3.05) is 13.1 Å². The lowest BCUT2D eigenvalue weighted by Gasteiger charge is -2.32. The first kappa shape index (κ1) is 18.2. The molecule has 6 nitrogen and oxygen atoms in total. The van der Waals surface area contributed by atoms with E-state index in [0.717, 1.165) is 25.7 Å². The summed E-state index contributed by atoms with van der Waals surface area (Å²) in [5, 5.41) is 13.1. The Morgan fingerprint density at radius 2 is 1.88 bits per heavy atom. The van der Waals surface area contributed by atoms with Crippen molar-refractivity contribution in [1.29, 1.82) is 0 Å². The molecule has 138 valence electrons. The number of benzene rings is 1. The first-order chi connectivity index (χ1) is 12.5. The molecule has 0 spiro atoms. The number of piperidine rings is 1. The molecule has 0 unspecified atom stereocenters. The largest absolute Gasteiger partial charge is 0.478 e. The molecule has 1 aliphatic heterocycles. The Kier molecular flexibility index (Phi) is 5.71. The van der Waals surface area contributed by atoms with Gasteiger partial charge in [0.15, 0.2) is 0 Å². The van der Waals surface area contributed by atoms with E-state index < -0.39 is 5.97 Å². The first-order valence-electron chi connectivity index (χ1n) is 9.13. The topological polar surface area (TPSA) is 75.4 Å². The monoisotopic (exact) mass is 355 g/mol. The van der Waals surface area contributed by atoms with Crippen LogP contribution in [-0.4, -0.2) is 44.8 Å². The van der Waals surface area contributed by atoms with E-state index in [4.69, 9.17) is 5.11 Å². The number of carbonyl (C=O) groups is 2. The average molecular weight is 355 g/mol. The smallest absolute Gasteiger partial charge is 0.338 e. The van der Waals surface area contributed by atoms with Crippen molar-refractivity contribution < 1.29 is 14.7 Å². The van der Waals surface area contributed by atoms with Crippen molar-refractivity contribution in [3.63, 3.8) is 0 Å². The summed E-state index contributed by atoms with van der Waals surface area (Å²) in [4.78, 5) is 25.3. The molecule has 1 aromatic heterocycles. The second kappa shape index (κ2) is 8.17. The lowest BCUT2D eigenvalue weighted by molar-refractivity contribution is -0.132. The van der Waals surface area contributed by atoms with E-state index in [-0.39, 0.29) is 17.5 Å². The SMILES string of the molecule is Cc1ccc(CCCC(=O)N2CCC(n3cc(C(=O)O)cn3)CC2)cc1. The van der Waals surface area contributed by atoms with Crippen LogP contribution in [0.3, 0.4) is 0 Å². The zero-order chi connectivity index (χ0) is 18.5. The molecule has 1 fully saturated rings. The van der Waals surface area contributed by atoms with Crippen molar-refractivity contribution in [1.82, 2.24) is 14.7 Å². The second-order valence-corrected chi connectivity index (χ2v) is 6.97. The molecule has 0 radical (unpaired) electrons. The molecule has 2 heterocycles. The molecular formula is C20H25N3O3. The zero-order valence-electron chi connectivity index (χ0n) is 15.1. The van der Waals surface area contributed by atoms with E-state index in [0.29, 0.717) is 19.5 Å². The molecule has 1 aromatic carbocycles. The minimum Gasteiger partial charge on any atom is -0.478 e. The van der Waals surface area contributed by atoms with Gasteiger partial charge in [-0.15, -0.1) is 0 Å². The fourth-order valence-electron chi connectivity index (χ4n) is 3.38. The van der Waals surface area contributed by atoms with Gasteiger partial charge >= 0.3 is 5.97 Å². The van der Waals surface area contributed by atoms with Gasteiger partial charge in [-0.05, 0) is 38.2 Å². The summed E-state index contributed by atoms with van der Waals surface area (Å²) in [5.41, 5.74) is 2.73. The number of hydrogen-bond donors (Lipinski definition) is 1. The summed E-state index contributed by atoms with van der Waals surface area (Å²) in [7, 11) is 0. The van der Waals surface area contributed by atoms with Gasteiger partial charge < -0.3 is 10.0 Å². The number of amides is 1. The molecule has 1 N–H and O–H groups in total. The molecule has 0 saturated carbocycles. The number of aromatic carboxylic acids is 1. The van der Waals surface area contributed by atoms with E-state index in [1.807, 2.05) is 4.90 Å². The maximum Gasteiger partial charge on any atom is 0.338 e. The standard InChI is InChI=1S/C20H25N3O3/c1-15-5-7-16(8-6-15)3-2-4-19(24)22-11-9-18(10-12-22)23-14-17(13-21-23)20(25)26/h5-8,13-14,18H,2-4,9-12H2,1H3,(H,25,26). The van der Waals surface area contributed by atoms with Gasteiger partial charge in [-0.25, -0.2) is 4.79 Å². The van der Waals surface area contributed by atoms with Crippen LogP contribution >= 0.6 is 0 Å². The van der Waals surface area contributed by atoms with Crippen molar-refractivity contribution in [2.24, 2.45) is 0 Å². The molecule has 1 amide bonds. The van der Waals surface area contributed by atoms with Crippen LogP contribution in [0.15, 0.2) is 36.7 Å². The molecule has 1 aliphatic rings. The van der Waals surface area contributed by atoms with Crippen LogP contribution in [-0.2, 0) is 11.2 Å². The summed E-state index contributed by atoms with van der Waals surface area (Å²) >= 11 is 0. The first-order valence-corrected chi connectivity index (χ1v) is 9.13. The zero-order valence-corrected chi connectivity index (χ0v) is 15.1. The highest BCUT2D eigenvalue weighted by Gasteiger charge is 2.24. The molecule has 6 heteroatoms. The van der Waals surface area contributed by atoms with Gasteiger partial charge in [0, 0.05) is 25.7 Å². The highest BCUT2D eigenvalue weighted by molar-refractivity contribution is 5.86. The third-order valence-corrected chi connectivity index (χ3v) is 5.02. The van der Waals surface area contributed by atoms with Gasteiger partial charge in [-0.3, -0.25) is 9.48 Å². The second-order valence-electron chi connectivity index (χ2n) is 6.97. The van der Waals surface area contributed by atoms with Crippen LogP contribution in [0.4, 0.5) is 0 Å². The normalized spacial score (nSPS) is 15.2. The van der Waals surface area contributed by atoms with E-state index in [2.05, 4.69) is 36.3 Å². The summed E-state index contributed by atoms with van der Waals surface area (Å²) in [6.07, 6.45) is 6.94. The highest BCUT2D eigenvalue weighted by Crippen LogP contribution is 2.23. The van der Waals surface area contributed by atoms with E-state index >= 15 is 0 Å². The molecule has 26 heavy (non-hydrogen) atoms. The van der Waals surface area contributed by atoms with Crippen LogP contribution < -0.4 is 0 Å². The predicted octanol–water partition coefficient (Wildman–Crippen LogP) is 3.08. The van der Waals surface area contributed by atoms with Crippen molar-refractivity contribution in [3.05, 3.63) is 53.3 Å². The number of carboxylic acids is 1. The lowest BCUT2D eigenvalue weighted by Crippen LogP contribution is -2.39. The average Bonchev–Trinajstić information content (AvgIpc) is 3.14. The molecule has 1 saturated heterocycles. The third kappa shape index (κ3) is 4.50. The maximum absolute atomic E-state index is 12.4. The van der Waals surface area contributed by atoms with Crippen molar-refractivity contribution in [3.8, 4) is 0 Å². The van der Waals surface area contributed by atoms with Gasteiger partial charge in [0.05, 0.1) is 17.8 Å². The third-order valence-electron chi connectivity index (χ3n) is 5.02. The Morgan fingerprint density at radius 3 is 2.50 bits per heavy atom. The van der Waals surface area contributed by atoms with Crippen LogP contribution in [0.5, 0.6) is 0 Å². The number of nitrogens with zero attached hydrogens (tertiary/aromatic N) is 3. The van der Waals surface area contributed by atoms with Crippen LogP contribution in [0.25, 0.3) is 0 Å². The number of rotatable bonds is 6. The minimum absolute atomic E-state index is 0.166. The minimum atomic E-state index is -0.961. The molecule has 0 aliphatic carbocycles. The number of aryl methyl sites for hydroxylation is 2. The summed E-state index contributed by atoms with van der Waals surface area (Å²) in [5.74, 6) is -0.750. The molecule has 2 aromatic rings. The lowest BCUT2D eigenvalue weighted by atomic mass is 10.0. The number of carbonyl (C=O) groups excluding carboxylic acids is 1. The molecular weight excluding hydrogens is 330 g/mol. The Morgan fingerprint density at radius 1 is 1.19 bits per heavy atom. The molecule has 3 rings (SSSR count). The van der Waals surface area contributed by atoms with Gasteiger partial charge in [0.2, 0.25) is 5.91 Å². The number of hydrogen-bond acceptors (Lipinski definition) is 3. The molecule has 0 atom stereocenters. The van der Waals surface area contributed by atoms with Gasteiger partial charge in [0.25, 0.3) is 0 Å². The fourth-order valence-corrected chi connectivity index (χ4v) is 3.38. The number of likely N-dealkylation sites (tertiary alicyclic amines) is 1. The van der Waals surface area contributed by atoms with E-state index in [1.54, 1.807) is 10.9 Å². The quantitative estimate of drug-likeness (QED) is 0.864. The van der Waals surface area contributed by atoms with Crippen molar-refractivity contribution in [2.45, 2.75) is 45.1 Å². The Labute approximate surface area is 153 Å². The summed E-state index contributed by atoms with van der Waals surface area (Å²) in [6.45, 7) is 3.48. The van der Waals surface area contributed by atoms with Crippen LogP contribution in [0, 0.1) is 6.92 Å².